The molecule has 1 fully saturated rings. The van der Waals surface area contributed by atoms with Gasteiger partial charge in [0.1, 0.15) is 12.0 Å². The van der Waals surface area contributed by atoms with E-state index in [1.807, 2.05) is 6.07 Å². The summed E-state index contributed by atoms with van der Waals surface area (Å²) >= 11 is 1.60. The first-order valence-electron chi connectivity index (χ1n) is 10.8. The van der Waals surface area contributed by atoms with Crippen LogP contribution in [-0.4, -0.2) is 41.1 Å². The molecule has 164 valence electrons. The van der Waals surface area contributed by atoms with E-state index in [1.165, 1.54) is 22.4 Å². The second-order valence-corrected chi connectivity index (χ2v) is 9.30. The normalized spacial score (nSPS) is 14.2. The van der Waals surface area contributed by atoms with Crippen molar-refractivity contribution in [1.82, 2.24) is 15.0 Å². The summed E-state index contributed by atoms with van der Waals surface area (Å²) in [4.78, 5) is 18.2. The summed E-state index contributed by atoms with van der Waals surface area (Å²) in [6, 6.07) is 12.8. The number of fused-ring (bicyclic) bond motifs is 1. The molecule has 1 aliphatic heterocycles. The Morgan fingerprint density at radius 2 is 1.75 bits per heavy atom. The fraction of sp³-hybridized carbons (Fsp3) is 0.292. The molecule has 3 N–H and O–H groups in total. The summed E-state index contributed by atoms with van der Waals surface area (Å²) < 4.78 is 1.14. The number of anilines is 5. The van der Waals surface area contributed by atoms with E-state index in [1.54, 1.807) is 17.7 Å². The van der Waals surface area contributed by atoms with Crippen molar-refractivity contribution in [2.24, 2.45) is 0 Å². The lowest BCUT2D eigenvalue weighted by molar-refractivity contribution is 0.646. The van der Waals surface area contributed by atoms with Crippen molar-refractivity contribution in [2.75, 3.05) is 47.0 Å². The third-order valence-electron chi connectivity index (χ3n) is 6.13. The molecule has 0 spiro atoms. The van der Waals surface area contributed by atoms with Gasteiger partial charge in [-0.3, -0.25) is 0 Å². The van der Waals surface area contributed by atoms with Crippen LogP contribution in [0.3, 0.4) is 0 Å². The number of nitrogens with zero attached hydrogens (tertiary/aromatic N) is 5. The van der Waals surface area contributed by atoms with Crippen LogP contribution in [0.5, 0.6) is 0 Å². The van der Waals surface area contributed by atoms with Crippen LogP contribution >= 0.6 is 11.3 Å². The first kappa shape index (κ1) is 20.5. The van der Waals surface area contributed by atoms with Gasteiger partial charge in [-0.25, -0.2) is 15.0 Å². The van der Waals surface area contributed by atoms with Gasteiger partial charge in [-0.1, -0.05) is 29.5 Å². The highest BCUT2D eigenvalue weighted by atomic mass is 32.1. The Bertz CT molecular complexity index is 1270. The minimum Gasteiger partial charge on any atom is -0.393 e. The number of rotatable bonds is 4. The molecular formula is C24H27N7S. The monoisotopic (exact) mass is 445 g/mol. The molecule has 1 saturated heterocycles. The van der Waals surface area contributed by atoms with Crippen molar-refractivity contribution in [3.8, 4) is 0 Å². The van der Waals surface area contributed by atoms with E-state index in [0.717, 1.165) is 47.3 Å². The molecule has 0 radical (unpaired) electrons. The van der Waals surface area contributed by atoms with Crippen LogP contribution in [0.4, 0.5) is 28.1 Å². The largest absolute Gasteiger partial charge is 0.393 e. The molecule has 0 saturated carbocycles. The molecule has 7 nitrogen and oxygen atoms in total. The maximum atomic E-state index is 6.50. The number of hydrogen-bond donors (Lipinski definition) is 2. The number of aromatic nitrogens is 3. The second-order valence-electron chi connectivity index (χ2n) is 8.27. The van der Waals surface area contributed by atoms with Gasteiger partial charge in [-0.15, -0.1) is 0 Å². The second kappa shape index (κ2) is 8.27. The van der Waals surface area contributed by atoms with E-state index >= 15 is 0 Å². The summed E-state index contributed by atoms with van der Waals surface area (Å²) in [6.45, 7) is 10.0. The van der Waals surface area contributed by atoms with Crippen molar-refractivity contribution in [3.05, 3.63) is 59.4 Å². The molecule has 8 heteroatoms. The van der Waals surface area contributed by atoms with E-state index < -0.39 is 0 Å². The van der Waals surface area contributed by atoms with E-state index in [0.29, 0.717) is 11.5 Å². The molecule has 5 rings (SSSR count). The lowest BCUT2D eigenvalue weighted by atomic mass is 10.1. The van der Waals surface area contributed by atoms with Gasteiger partial charge >= 0.3 is 0 Å². The number of benzene rings is 2. The van der Waals surface area contributed by atoms with Crippen molar-refractivity contribution in [2.45, 2.75) is 20.8 Å². The van der Waals surface area contributed by atoms with E-state index in [2.05, 4.69) is 81.2 Å². The molecule has 1 aliphatic rings. The fourth-order valence-corrected chi connectivity index (χ4v) is 5.12. The standard InChI is InChI=1S/C24H27N7S/c1-15-7-8-18-20(13-15)32-24(28-18)29-22-21(25)23(27-14-26-22)31-11-9-30(10-12-31)19-6-4-5-16(2)17(19)3/h4-8,13-14H,9-12,25H2,1-3H3,(H,26,27,28,29). The molecule has 0 unspecified atom stereocenters. The Labute approximate surface area is 191 Å². The Balaban J connectivity index is 1.33. The molecule has 0 bridgehead atoms. The summed E-state index contributed by atoms with van der Waals surface area (Å²) in [7, 11) is 0. The van der Waals surface area contributed by atoms with Crippen molar-refractivity contribution < 1.29 is 0 Å². The molecule has 4 aromatic rings. The van der Waals surface area contributed by atoms with Crippen LogP contribution in [0.15, 0.2) is 42.7 Å². The number of piperazine rings is 1. The Hall–Kier alpha value is -3.39. The van der Waals surface area contributed by atoms with Gasteiger partial charge in [0.05, 0.1) is 10.2 Å². The van der Waals surface area contributed by atoms with Gasteiger partial charge in [-0.05, 0) is 55.7 Å². The molecule has 2 aromatic heterocycles. The zero-order valence-corrected chi connectivity index (χ0v) is 19.4. The number of thiazole rings is 1. The van der Waals surface area contributed by atoms with Crippen LogP contribution in [-0.2, 0) is 0 Å². The van der Waals surface area contributed by atoms with Gasteiger partial charge in [0.25, 0.3) is 0 Å². The predicted molar refractivity (Wildman–Crippen MR) is 134 cm³/mol. The maximum Gasteiger partial charge on any atom is 0.189 e. The van der Waals surface area contributed by atoms with Crippen molar-refractivity contribution >= 4 is 49.7 Å². The zero-order chi connectivity index (χ0) is 22.2. The number of nitrogens with one attached hydrogen (secondary N) is 1. The summed E-state index contributed by atoms with van der Waals surface area (Å²) in [5.74, 6) is 1.38. The Morgan fingerprint density at radius 1 is 0.969 bits per heavy atom. The smallest absolute Gasteiger partial charge is 0.189 e. The lowest BCUT2D eigenvalue weighted by Crippen LogP contribution is -2.47. The topological polar surface area (TPSA) is 83.2 Å². The Kier molecular flexibility index (Phi) is 5.30. The summed E-state index contributed by atoms with van der Waals surface area (Å²) in [6.07, 6.45) is 1.57. The number of aryl methyl sites for hydroxylation is 2. The third-order valence-corrected chi connectivity index (χ3v) is 7.06. The molecule has 32 heavy (non-hydrogen) atoms. The first-order chi connectivity index (χ1) is 15.5. The van der Waals surface area contributed by atoms with Crippen LogP contribution in [0.1, 0.15) is 16.7 Å². The minimum atomic E-state index is 0.558. The quantitative estimate of drug-likeness (QED) is 0.472. The molecular weight excluding hydrogens is 418 g/mol. The predicted octanol–water partition coefficient (Wildman–Crippen LogP) is 4.66. The van der Waals surface area contributed by atoms with Crippen molar-refractivity contribution in [1.29, 1.82) is 0 Å². The van der Waals surface area contributed by atoms with Crippen LogP contribution < -0.4 is 20.9 Å². The number of nitrogens with two attached hydrogens (primary N) is 1. The summed E-state index contributed by atoms with van der Waals surface area (Å²) in [5.41, 5.74) is 13.2. The first-order valence-corrected chi connectivity index (χ1v) is 11.6. The zero-order valence-electron chi connectivity index (χ0n) is 18.6. The highest BCUT2D eigenvalue weighted by molar-refractivity contribution is 7.22. The maximum absolute atomic E-state index is 6.50. The van der Waals surface area contributed by atoms with Crippen LogP contribution in [0.2, 0.25) is 0 Å². The van der Waals surface area contributed by atoms with E-state index in [-0.39, 0.29) is 0 Å². The highest BCUT2D eigenvalue weighted by Crippen LogP contribution is 2.33. The average Bonchev–Trinajstić information content (AvgIpc) is 3.19. The van der Waals surface area contributed by atoms with Crippen LogP contribution in [0.25, 0.3) is 10.2 Å². The van der Waals surface area contributed by atoms with Crippen molar-refractivity contribution in [3.63, 3.8) is 0 Å². The number of nitrogen functional groups attached to an aromatic ring is 1. The number of hydrogen-bond acceptors (Lipinski definition) is 8. The minimum absolute atomic E-state index is 0.558. The van der Waals surface area contributed by atoms with Crippen LogP contribution in [0, 0.1) is 20.8 Å². The molecule has 2 aromatic carbocycles. The lowest BCUT2D eigenvalue weighted by Gasteiger charge is -2.38. The van der Waals surface area contributed by atoms with E-state index in [9.17, 15) is 0 Å². The molecule has 3 heterocycles. The SMILES string of the molecule is Cc1ccc2nc(Nc3ncnc(N4CCN(c5cccc(C)c5C)CC4)c3N)sc2c1. The molecule has 0 aliphatic carbocycles. The Morgan fingerprint density at radius 3 is 2.56 bits per heavy atom. The van der Waals surface area contributed by atoms with Gasteiger partial charge in [0.2, 0.25) is 0 Å². The molecule has 0 amide bonds. The summed E-state index contributed by atoms with van der Waals surface area (Å²) in [5, 5.41) is 4.08. The molecule has 0 atom stereocenters. The average molecular weight is 446 g/mol. The van der Waals surface area contributed by atoms with E-state index in [4.69, 9.17) is 5.73 Å². The van der Waals surface area contributed by atoms with Gasteiger partial charge < -0.3 is 20.9 Å². The van der Waals surface area contributed by atoms with Gasteiger partial charge in [0, 0.05) is 31.9 Å². The highest BCUT2D eigenvalue weighted by Gasteiger charge is 2.23. The van der Waals surface area contributed by atoms with Gasteiger partial charge in [0.15, 0.2) is 16.8 Å². The third kappa shape index (κ3) is 3.82. The van der Waals surface area contributed by atoms with Gasteiger partial charge in [-0.2, -0.15) is 0 Å². The fourth-order valence-electron chi connectivity index (χ4n) is 4.16.